The topological polar surface area (TPSA) is 74.0 Å². The minimum absolute atomic E-state index is 0.516. The summed E-state index contributed by atoms with van der Waals surface area (Å²) in [6.45, 7) is 6.83. The van der Waals surface area contributed by atoms with E-state index >= 15 is 0 Å². The Morgan fingerprint density at radius 2 is 1.88 bits per heavy atom. The van der Waals surface area contributed by atoms with Gasteiger partial charge in [0.2, 0.25) is 0 Å². The molecule has 2 heterocycles. The second kappa shape index (κ2) is 10.6. The fraction of sp³-hybridized carbons (Fsp3) is 0.292. The lowest BCUT2D eigenvalue weighted by atomic mass is 10.1. The first-order valence-corrected chi connectivity index (χ1v) is 10.1. The van der Waals surface area contributed by atoms with Gasteiger partial charge in [0.15, 0.2) is 0 Å². The fourth-order valence-electron chi connectivity index (χ4n) is 3.27. The van der Waals surface area contributed by atoms with Crippen LogP contribution in [-0.4, -0.2) is 56.0 Å². The van der Waals surface area contributed by atoms with Gasteiger partial charge in [0, 0.05) is 56.3 Å². The Balaban J connectivity index is 2.08. The monoisotopic (exact) mass is 435 g/mol. The SMILES string of the molecule is C=Nc1ccc(N(CCOC)c2cc(OC)cc(OC)c2)nc1/C=C(\C)c1cnn(C)c1. The molecule has 0 fully saturated rings. The molecule has 3 aromatic rings. The van der Waals surface area contributed by atoms with Crippen LogP contribution in [0.2, 0.25) is 0 Å². The van der Waals surface area contributed by atoms with E-state index in [1.807, 2.05) is 62.8 Å². The highest BCUT2D eigenvalue weighted by Gasteiger charge is 2.15. The molecule has 1 aromatic carbocycles. The summed E-state index contributed by atoms with van der Waals surface area (Å²) < 4.78 is 18.0. The number of aryl methyl sites for hydroxylation is 1. The van der Waals surface area contributed by atoms with Gasteiger partial charge in [0.1, 0.15) is 17.3 Å². The average Bonchev–Trinajstić information content (AvgIpc) is 3.25. The molecule has 0 unspecified atom stereocenters. The third-order valence-corrected chi connectivity index (χ3v) is 5.01. The smallest absolute Gasteiger partial charge is 0.133 e. The summed E-state index contributed by atoms with van der Waals surface area (Å²) >= 11 is 0. The number of allylic oxidation sites excluding steroid dienone is 1. The molecule has 0 aliphatic carbocycles. The highest BCUT2D eigenvalue weighted by molar-refractivity contribution is 5.83. The Morgan fingerprint density at radius 1 is 1.16 bits per heavy atom. The van der Waals surface area contributed by atoms with Crippen LogP contribution in [0.5, 0.6) is 11.5 Å². The van der Waals surface area contributed by atoms with E-state index in [0.717, 1.165) is 28.3 Å². The molecule has 0 spiro atoms. The van der Waals surface area contributed by atoms with Crippen molar-refractivity contribution in [1.82, 2.24) is 14.8 Å². The molecule has 0 bridgehead atoms. The minimum atomic E-state index is 0.516. The van der Waals surface area contributed by atoms with Gasteiger partial charge in [-0.2, -0.15) is 5.10 Å². The van der Waals surface area contributed by atoms with Gasteiger partial charge in [-0.15, -0.1) is 0 Å². The molecule has 0 saturated carbocycles. The van der Waals surface area contributed by atoms with Crippen molar-refractivity contribution in [2.45, 2.75) is 6.92 Å². The van der Waals surface area contributed by atoms with Gasteiger partial charge in [0.25, 0.3) is 0 Å². The van der Waals surface area contributed by atoms with E-state index in [0.29, 0.717) is 30.3 Å². The maximum atomic E-state index is 5.45. The average molecular weight is 436 g/mol. The van der Waals surface area contributed by atoms with Crippen molar-refractivity contribution in [3.05, 3.63) is 54.0 Å². The summed E-state index contributed by atoms with van der Waals surface area (Å²) in [5.74, 6) is 2.13. The lowest BCUT2D eigenvalue weighted by molar-refractivity contribution is 0.207. The molecule has 32 heavy (non-hydrogen) atoms. The van der Waals surface area contributed by atoms with Crippen molar-refractivity contribution in [1.29, 1.82) is 0 Å². The summed E-state index contributed by atoms with van der Waals surface area (Å²) in [7, 11) is 6.83. The van der Waals surface area contributed by atoms with E-state index in [1.165, 1.54) is 0 Å². The first-order valence-electron chi connectivity index (χ1n) is 10.1. The van der Waals surface area contributed by atoms with E-state index in [-0.39, 0.29) is 0 Å². The lowest BCUT2D eigenvalue weighted by Crippen LogP contribution is -2.23. The minimum Gasteiger partial charge on any atom is -0.497 e. The zero-order valence-electron chi connectivity index (χ0n) is 19.2. The second-order valence-electron chi connectivity index (χ2n) is 7.18. The van der Waals surface area contributed by atoms with Gasteiger partial charge in [0.05, 0.1) is 38.4 Å². The molecule has 3 rings (SSSR count). The van der Waals surface area contributed by atoms with Crippen molar-refractivity contribution >= 4 is 35.6 Å². The van der Waals surface area contributed by atoms with Gasteiger partial charge in [-0.25, -0.2) is 4.98 Å². The number of anilines is 2. The molecule has 2 aromatic heterocycles. The van der Waals surface area contributed by atoms with Gasteiger partial charge in [-0.05, 0) is 37.4 Å². The van der Waals surface area contributed by atoms with E-state index in [1.54, 1.807) is 26.0 Å². The first kappa shape index (κ1) is 23.0. The molecule has 0 N–H and O–H groups in total. The summed E-state index contributed by atoms with van der Waals surface area (Å²) in [6.07, 6.45) is 5.78. The van der Waals surface area contributed by atoms with Crippen molar-refractivity contribution < 1.29 is 14.2 Å². The van der Waals surface area contributed by atoms with E-state index < -0.39 is 0 Å². The number of rotatable bonds is 10. The maximum absolute atomic E-state index is 5.45. The molecule has 0 amide bonds. The van der Waals surface area contributed by atoms with Crippen LogP contribution in [0.25, 0.3) is 11.6 Å². The van der Waals surface area contributed by atoms with E-state index in [2.05, 4.69) is 21.7 Å². The van der Waals surface area contributed by atoms with Crippen LogP contribution >= 0.6 is 0 Å². The quantitative estimate of drug-likeness (QED) is 0.436. The van der Waals surface area contributed by atoms with Crippen LogP contribution in [0, 0.1) is 0 Å². The number of nitrogens with zero attached hydrogens (tertiary/aromatic N) is 5. The highest BCUT2D eigenvalue weighted by atomic mass is 16.5. The summed E-state index contributed by atoms with van der Waals surface area (Å²) in [5, 5.41) is 4.25. The molecule has 0 atom stereocenters. The maximum Gasteiger partial charge on any atom is 0.133 e. The van der Waals surface area contributed by atoms with Gasteiger partial charge < -0.3 is 19.1 Å². The third-order valence-electron chi connectivity index (χ3n) is 5.01. The molecule has 0 radical (unpaired) electrons. The molecule has 0 saturated heterocycles. The second-order valence-corrected chi connectivity index (χ2v) is 7.18. The Hall–Kier alpha value is -3.65. The normalized spacial score (nSPS) is 11.3. The van der Waals surface area contributed by atoms with E-state index in [9.17, 15) is 0 Å². The predicted octanol–water partition coefficient (Wildman–Crippen LogP) is 4.51. The molecule has 168 valence electrons. The highest BCUT2D eigenvalue weighted by Crippen LogP contribution is 2.34. The van der Waals surface area contributed by atoms with Crippen LogP contribution in [0.15, 0.2) is 47.7 Å². The van der Waals surface area contributed by atoms with Crippen molar-refractivity contribution in [3.8, 4) is 11.5 Å². The number of aliphatic imine (C=N–C) groups is 1. The Kier molecular flexibility index (Phi) is 7.62. The first-order chi connectivity index (χ1) is 15.5. The van der Waals surface area contributed by atoms with Gasteiger partial charge in [-0.3, -0.25) is 9.67 Å². The number of hydrogen-bond acceptors (Lipinski definition) is 7. The van der Waals surface area contributed by atoms with Crippen molar-refractivity contribution in [2.24, 2.45) is 12.0 Å². The summed E-state index contributed by atoms with van der Waals surface area (Å²) in [6, 6.07) is 9.55. The van der Waals surface area contributed by atoms with Crippen LogP contribution in [0.1, 0.15) is 18.2 Å². The molecule has 8 heteroatoms. The molecular formula is C24H29N5O3. The number of ether oxygens (including phenoxy) is 3. The van der Waals surface area contributed by atoms with Gasteiger partial charge >= 0.3 is 0 Å². The van der Waals surface area contributed by atoms with E-state index in [4.69, 9.17) is 19.2 Å². The van der Waals surface area contributed by atoms with Crippen LogP contribution in [-0.2, 0) is 11.8 Å². The van der Waals surface area contributed by atoms with Crippen LogP contribution < -0.4 is 14.4 Å². The Labute approximate surface area is 188 Å². The van der Waals surface area contributed by atoms with Crippen molar-refractivity contribution in [2.75, 3.05) is 39.4 Å². The Bertz CT molecular complexity index is 1080. The zero-order valence-corrected chi connectivity index (χ0v) is 19.2. The van der Waals surface area contributed by atoms with Gasteiger partial charge in [-0.1, -0.05) is 0 Å². The summed E-state index contributed by atoms with van der Waals surface area (Å²) in [5.41, 5.74) is 4.34. The zero-order chi connectivity index (χ0) is 23.1. The van der Waals surface area contributed by atoms with Crippen LogP contribution in [0.3, 0.4) is 0 Å². The molecule has 0 aliphatic heterocycles. The largest absolute Gasteiger partial charge is 0.497 e. The molecule has 8 nitrogen and oxygen atoms in total. The standard InChI is InChI=1S/C24H29N5O3/c1-17(18-15-26-28(3)16-18)11-23-22(25-2)7-8-24(27-23)29(9-10-30-4)19-12-20(31-5)14-21(13-19)32-6/h7-8,11-16H,2,9-10H2,1,3-6H3/b17-11+. The number of pyridine rings is 1. The third kappa shape index (κ3) is 5.33. The number of benzene rings is 1. The molecule has 0 aliphatic rings. The summed E-state index contributed by atoms with van der Waals surface area (Å²) in [4.78, 5) is 11.1. The Morgan fingerprint density at radius 3 is 2.44 bits per heavy atom. The fourth-order valence-corrected chi connectivity index (χ4v) is 3.27. The number of hydrogen-bond donors (Lipinski definition) is 0. The number of methoxy groups -OCH3 is 3. The lowest BCUT2D eigenvalue weighted by Gasteiger charge is -2.25. The number of aromatic nitrogens is 3. The van der Waals surface area contributed by atoms with Crippen molar-refractivity contribution in [3.63, 3.8) is 0 Å². The van der Waals surface area contributed by atoms with Crippen LogP contribution in [0.4, 0.5) is 17.2 Å². The predicted molar refractivity (Wildman–Crippen MR) is 129 cm³/mol. The molecular weight excluding hydrogens is 406 g/mol.